The quantitative estimate of drug-likeness (QED) is 0.250. The Balaban J connectivity index is -0.0000000450. The van der Waals surface area contributed by atoms with Crippen LogP contribution in [0.5, 0.6) is 0 Å². The predicted octanol–water partition coefficient (Wildman–Crippen LogP) is -1.76. The van der Waals surface area contributed by atoms with E-state index in [4.69, 9.17) is 0 Å². The maximum atomic E-state index is 2.08. The van der Waals surface area contributed by atoms with Crippen LogP contribution in [-0.4, -0.2) is 23.1 Å². The Morgan fingerprint density at radius 1 is 1.00 bits per heavy atom. The van der Waals surface area contributed by atoms with Crippen molar-refractivity contribution in [1.29, 1.82) is 0 Å². The fraction of sp³-hybridized carbons (Fsp3) is 0.750. The second kappa shape index (κ2) is 9.20. The van der Waals surface area contributed by atoms with Gasteiger partial charge in [-0.3, -0.25) is 0 Å². The van der Waals surface area contributed by atoms with Crippen LogP contribution in [0.25, 0.3) is 0 Å². The van der Waals surface area contributed by atoms with Gasteiger partial charge in [-0.15, -0.1) is 0 Å². The summed E-state index contributed by atoms with van der Waals surface area (Å²) in [6, 6.07) is 0. The maximum absolute atomic E-state index is 2.08. The molecule has 0 aliphatic carbocycles. The third-order valence-corrected chi connectivity index (χ3v) is 0. The van der Waals surface area contributed by atoms with Crippen molar-refractivity contribution in [2.45, 2.75) is 20.8 Å². The third-order valence-electron chi connectivity index (χ3n) is 0. The zero-order valence-electron chi connectivity index (χ0n) is 4.59. The van der Waals surface area contributed by atoms with Crippen LogP contribution in [0, 0.1) is 5.92 Å². The molecule has 0 N–H and O–H groups in total. The molecule has 0 nitrogen and oxygen atoms in total. The Kier molecular flexibility index (Phi) is 24.4. The number of hydrogen-bond acceptors (Lipinski definition) is 0. The van der Waals surface area contributed by atoms with Crippen molar-refractivity contribution in [2.75, 3.05) is 0 Å². The fourth-order valence-corrected chi connectivity index (χ4v) is 0. The van der Waals surface area contributed by atoms with E-state index in [0.717, 1.165) is 0 Å². The van der Waals surface area contributed by atoms with Crippen LogP contribution in [0.3, 0.4) is 0 Å². The Hall–Kier alpha value is 0.696. The SMILES string of the molecule is C[C-](C)C.[F-].[Mg+2]. The van der Waals surface area contributed by atoms with Gasteiger partial charge in [0.25, 0.3) is 0 Å². The minimum Gasteiger partial charge on any atom is -1.00 e. The van der Waals surface area contributed by atoms with Crippen LogP contribution in [0.2, 0.25) is 0 Å². The summed E-state index contributed by atoms with van der Waals surface area (Å²) in [6.45, 7) is 6.25. The van der Waals surface area contributed by atoms with Crippen molar-refractivity contribution in [3.63, 3.8) is 0 Å². The molecule has 0 aromatic heterocycles. The minimum absolute atomic E-state index is 0. The van der Waals surface area contributed by atoms with Gasteiger partial charge >= 0.3 is 23.1 Å². The largest absolute Gasteiger partial charge is 2.00 e. The van der Waals surface area contributed by atoms with Crippen molar-refractivity contribution < 1.29 is 4.70 Å². The molecular weight excluding hydrogens is 91.3 g/mol. The number of hydrogen-bond donors (Lipinski definition) is 0. The van der Waals surface area contributed by atoms with Crippen molar-refractivity contribution in [3.8, 4) is 0 Å². The summed E-state index contributed by atoms with van der Waals surface area (Å²) in [7, 11) is 0. The summed E-state index contributed by atoms with van der Waals surface area (Å²) in [5.74, 6) is 1.42. The van der Waals surface area contributed by atoms with Gasteiger partial charge in [-0.1, -0.05) is 0 Å². The molecule has 0 heterocycles. The van der Waals surface area contributed by atoms with E-state index < -0.39 is 0 Å². The third kappa shape index (κ3) is 132. The van der Waals surface area contributed by atoms with Gasteiger partial charge in [0, 0.05) is 0 Å². The molecule has 0 aliphatic heterocycles. The standard InChI is InChI=1S/C4H9.FH.Mg/c1-4(2)3;;/h1-3H3;1H;/q-1;;+2/p-1. The van der Waals surface area contributed by atoms with Gasteiger partial charge in [0.2, 0.25) is 0 Å². The van der Waals surface area contributed by atoms with Crippen LogP contribution in [0.1, 0.15) is 20.8 Å². The molecule has 0 aromatic rings. The number of rotatable bonds is 0. The van der Waals surface area contributed by atoms with Gasteiger partial charge in [-0.05, 0) is 0 Å². The fourth-order valence-electron chi connectivity index (χ4n) is 0. The average molecular weight is 100 g/mol. The van der Waals surface area contributed by atoms with E-state index in [0.29, 0.717) is 0 Å². The van der Waals surface area contributed by atoms with Crippen molar-refractivity contribution >= 4 is 23.1 Å². The maximum Gasteiger partial charge on any atom is 2.00 e. The molecule has 0 atom stereocenters. The molecule has 0 amide bonds. The zero-order chi connectivity index (χ0) is 3.58. The first-order chi connectivity index (χ1) is 1.73. The Morgan fingerprint density at radius 2 is 1.00 bits per heavy atom. The van der Waals surface area contributed by atoms with E-state index >= 15 is 0 Å². The second-order valence-electron chi connectivity index (χ2n) is 1.50. The van der Waals surface area contributed by atoms with E-state index in [1.54, 1.807) is 0 Å². The monoisotopic (exact) mass is 100 g/mol. The van der Waals surface area contributed by atoms with Crippen LogP contribution < -0.4 is 4.70 Å². The van der Waals surface area contributed by atoms with Gasteiger partial charge in [0.1, 0.15) is 0 Å². The van der Waals surface area contributed by atoms with Gasteiger partial charge in [-0.25, -0.2) is 0 Å². The molecule has 0 aromatic carbocycles. The summed E-state index contributed by atoms with van der Waals surface area (Å²) < 4.78 is 0. The van der Waals surface area contributed by atoms with Gasteiger partial charge < -0.3 is 10.6 Å². The van der Waals surface area contributed by atoms with E-state index in [1.165, 1.54) is 5.92 Å². The smallest absolute Gasteiger partial charge is 1.00 e. The minimum atomic E-state index is 0. The molecule has 0 radical (unpaired) electrons. The van der Waals surface area contributed by atoms with Crippen LogP contribution in [0.15, 0.2) is 0 Å². The molecule has 0 saturated carbocycles. The summed E-state index contributed by atoms with van der Waals surface area (Å²) in [5.41, 5.74) is 0. The molecule has 34 valence electrons. The van der Waals surface area contributed by atoms with Crippen molar-refractivity contribution in [2.24, 2.45) is 0 Å². The molecule has 0 rings (SSSR count). The van der Waals surface area contributed by atoms with E-state index in [1.807, 2.05) is 0 Å². The Bertz CT molecular complexity index is 12.3. The molecule has 6 heavy (non-hydrogen) atoms. The molecule has 0 spiro atoms. The van der Waals surface area contributed by atoms with Crippen LogP contribution >= 0.6 is 0 Å². The van der Waals surface area contributed by atoms with Crippen LogP contribution in [-0.2, 0) is 0 Å². The Labute approximate surface area is 54.8 Å². The summed E-state index contributed by atoms with van der Waals surface area (Å²) >= 11 is 0. The predicted molar refractivity (Wildman–Crippen MR) is 26.0 cm³/mol. The normalized spacial score (nSPS) is 6.00. The first-order valence-corrected chi connectivity index (χ1v) is 1.50. The van der Waals surface area contributed by atoms with E-state index in [2.05, 4.69) is 20.8 Å². The first-order valence-electron chi connectivity index (χ1n) is 1.50. The molecule has 0 saturated heterocycles. The Morgan fingerprint density at radius 3 is 1.00 bits per heavy atom. The molecule has 0 fully saturated rings. The molecule has 0 bridgehead atoms. The molecule has 0 aliphatic rings. The van der Waals surface area contributed by atoms with Crippen LogP contribution in [0.4, 0.5) is 0 Å². The van der Waals surface area contributed by atoms with Crippen molar-refractivity contribution in [3.05, 3.63) is 5.92 Å². The van der Waals surface area contributed by atoms with Gasteiger partial charge in [0.05, 0.1) is 0 Å². The molecule has 2 heteroatoms. The van der Waals surface area contributed by atoms with E-state index in [-0.39, 0.29) is 27.8 Å². The van der Waals surface area contributed by atoms with E-state index in [9.17, 15) is 0 Å². The zero-order valence-corrected chi connectivity index (χ0v) is 6.00. The second-order valence-corrected chi connectivity index (χ2v) is 1.50. The number of halogens is 1. The first kappa shape index (κ1) is 15.9. The molecule has 0 unspecified atom stereocenters. The van der Waals surface area contributed by atoms with Crippen molar-refractivity contribution in [1.82, 2.24) is 0 Å². The summed E-state index contributed by atoms with van der Waals surface area (Å²) in [5, 5.41) is 0. The summed E-state index contributed by atoms with van der Waals surface area (Å²) in [6.07, 6.45) is 0. The summed E-state index contributed by atoms with van der Waals surface area (Å²) in [4.78, 5) is 0. The van der Waals surface area contributed by atoms with Gasteiger partial charge in [0.15, 0.2) is 0 Å². The molecular formula is C4H9FMg. The average Bonchev–Trinajstić information content (AvgIpc) is 0.811. The topological polar surface area (TPSA) is 0 Å². The van der Waals surface area contributed by atoms with Gasteiger partial charge in [-0.2, -0.15) is 20.8 Å².